The Morgan fingerprint density at radius 3 is 2.68 bits per heavy atom. The number of carbonyl (C=O) groups excluding carboxylic acids is 2. The monoisotopic (exact) mass is 503 g/mol. The van der Waals surface area contributed by atoms with Crippen LogP contribution in [0.3, 0.4) is 0 Å². The number of nitrogens with two attached hydrogens (primary N) is 1. The number of benzene rings is 1. The molecule has 0 bridgehead atoms. The van der Waals surface area contributed by atoms with Crippen LogP contribution in [0.5, 0.6) is 17.4 Å². The van der Waals surface area contributed by atoms with Crippen molar-refractivity contribution in [3.63, 3.8) is 0 Å². The molecule has 3 N–H and O–H groups in total. The molecule has 0 fully saturated rings. The average molecular weight is 504 g/mol. The highest BCUT2D eigenvalue weighted by Crippen LogP contribution is 2.44. The highest BCUT2D eigenvalue weighted by Gasteiger charge is 2.38. The van der Waals surface area contributed by atoms with E-state index in [-0.39, 0.29) is 42.4 Å². The highest BCUT2D eigenvalue weighted by atomic mass is 16.5. The van der Waals surface area contributed by atoms with Crippen LogP contribution in [0, 0.1) is 6.92 Å². The number of aromatic nitrogens is 2. The fourth-order valence-corrected chi connectivity index (χ4v) is 4.59. The number of hydrogen-bond acceptors (Lipinski definition) is 9. The van der Waals surface area contributed by atoms with E-state index < -0.39 is 17.1 Å². The third-order valence-electron chi connectivity index (χ3n) is 6.89. The average Bonchev–Trinajstić information content (AvgIpc) is 3.40. The van der Waals surface area contributed by atoms with Crippen LogP contribution in [0.2, 0.25) is 0 Å². The number of hydrogen-bond donors (Lipinski definition) is 2. The quantitative estimate of drug-likeness (QED) is 0.368. The van der Waals surface area contributed by atoms with Crippen molar-refractivity contribution in [1.82, 2.24) is 9.97 Å². The normalized spacial score (nSPS) is 19.5. The smallest absolute Gasteiger partial charge is 0.316 e. The van der Waals surface area contributed by atoms with Gasteiger partial charge in [-0.1, -0.05) is 29.8 Å². The highest BCUT2D eigenvalue weighted by molar-refractivity contribution is 5.96. The van der Waals surface area contributed by atoms with Crippen molar-refractivity contribution in [1.29, 1.82) is 0 Å². The molecule has 1 aromatic carbocycles. The number of rotatable bonds is 7. The van der Waals surface area contributed by atoms with Crippen molar-refractivity contribution >= 4 is 11.8 Å². The molecule has 0 radical (unpaired) electrons. The van der Waals surface area contributed by atoms with Crippen molar-refractivity contribution in [2.24, 2.45) is 5.73 Å². The standard InChI is InChI=1S/C28H29N3O6/c1-15-5-7-16(8-6-15)24-25-18(27(2,29)14-36-25)12-22(31-24)28(3,34)10-9-20(32)19-13-21-17(11-23(33)37-21)26(30-19)35-4/h5-8,12-13,34H,9-11,14,29H2,1-4H3. The van der Waals surface area contributed by atoms with Crippen molar-refractivity contribution in [2.75, 3.05) is 13.7 Å². The Labute approximate surface area is 214 Å². The lowest BCUT2D eigenvalue weighted by Gasteiger charge is -2.25. The summed E-state index contributed by atoms with van der Waals surface area (Å²) < 4.78 is 16.4. The molecule has 37 heavy (non-hydrogen) atoms. The molecule has 192 valence electrons. The molecule has 0 saturated heterocycles. The van der Waals surface area contributed by atoms with Gasteiger partial charge in [-0.25, -0.2) is 9.97 Å². The van der Waals surface area contributed by atoms with Gasteiger partial charge in [0.15, 0.2) is 11.5 Å². The van der Waals surface area contributed by atoms with Gasteiger partial charge in [0.2, 0.25) is 5.88 Å². The van der Waals surface area contributed by atoms with Gasteiger partial charge in [-0.3, -0.25) is 9.59 Å². The number of Topliss-reactive ketones (excluding diaryl/α,β-unsaturated/α-hetero) is 1. The Hall–Kier alpha value is -3.82. The van der Waals surface area contributed by atoms with Crippen molar-refractivity contribution < 1.29 is 28.9 Å². The van der Waals surface area contributed by atoms with Gasteiger partial charge < -0.3 is 25.1 Å². The molecule has 0 saturated carbocycles. The van der Waals surface area contributed by atoms with Gasteiger partial charge in [-0.05, 0) is 33.3 Å². The van der Waals surface area contributed by atoms with E-state index in [4.69, 9.17) is 24.9 Å². The molecule has 2 aliphatic heterocycles. The number of aryl methyl sites for hydroxylation is 1. The SMILES string of the molecule is COc1nc(C(=O)CCC(C)(O)c2cc3c(c(-c4ccc(C)cc4)n2)OCC3(C)N)cc2c1CC(=O)O2. The van der Waals surface area contributed by atoms with E-state index in [0.717, 1.165) is 16.7 Å². The first-order valence-electron chi connectivity index (χ1n) is 12.1. The second-order valence-corrected chi connectivity index (χ2v) is 10.1. The Kier molecular flexibility index (Phi) is 6.00. The zero-order valence-electron chi connectivity index (χ0n) is 21.3. The van der Waals surface area contributed by atoms with E-state index >= 15 is 0 Å². The van der Waals surface area contributed by atoms with E-state index in [1.807, 2.05) is 38.1 Å². The summed E-state index contributed by atoms with van der Waals surface area (Å²) in [7, 11) is 1.42. The Bertz CT molecular complexity index is 1410. The number of nitrogens with zero attached hydrogens (tertiary/aromatic N) is 2. The van der Waals surface area contributed by atoms with Crippen LogP contribution < -0.4 is 19.9 Å². The van der Waals surface area contributed by atoms with Crippen LogP contribution in [0.1, 0.15) is 59.6 Å². The van der Waals surface area contributed by atoms with Crippen LogP contribution in [0.4, 0.5) is 0 Å². The lowest BCUT2D eigenvalue weighted by molar-refractivity contribution is -0.131. The lowest BCUT2D eigenvalue weighted by atomic mass is 9.88. The van der Waals surface area contributed by atoms with Gasteiger partial charge in [0.1, 0.15) is 29.3 Å². The molecular formula is C28H29N3O6. The molecule has 4 heterocycles. The second-order valence-electron chi connectivity index (χ2n) is 10.1. The number of ether oxygens (including phenoxy) is 3. The first-order valence-corrected chi connectivity index (χ1v) is 12.1. The summed E-state index contributed by atoms with van der Waals surface area (Å²) in [5.74, 6) is 0.316. The van der Waals surface area contributed by atoms with E-state index in [9.17, 15) is 14.7 Å². The predicted octanol–water partition coefficient (Wildman–Crippen LogP) is 3.36. The minimum atomic E-state index is -1.45. The number of aliphatic hydroxyl groups is 1. The topological polar surface area (TPSA) is 134 Å². The summed E-state index contributed by atoms with van der Waals surface area (Å²) in [6.07, 6.45) is 0.102. The van der Waals surface area contributed by atoms with Gasteiger partial charge >= 0.3 is 5.97 Å². The molecule has 0 aliphatic carbocycles. The minimum absolute atomic E-state index is 0.0229. The third kappa shape index (κ3) is 4.56. The summed E-state index contributed by atoms with van der Waals surface area (Å²) >= 11 is 0. The fourth-order valence-electron chi connectivity index (χ4n) is 4.59. The first kappa shape index (κ1) is 24.9. The molecule has 2 aliphatic rings. The Morgan fingerprint density at radius 1 is 1.24 bits per heavy atom. The van der Waals surface area contributed by atoms with Gasteiger partial charge in [0, 0.05) is 23.6 Å². The Balaban J connectivity index is 1.44. The van der Waals surface area contributed by atoms with E-state index in [0.29, 0.717) is 29.3 Å². The third-order valence-corrected chi connectivity index (χ3v) is 6.89. The van der Waals surface area contributed by atoms with Crippen LogP contribution in [-0.2, 0) is 22.4 Å². The molecule has 0 amide bonds. The maximum Gasteiger partial charge on any atom is 0.316 e. The van der Waals surface area contributed by atoms with Gasteiger partial charge in [0.25, 0.3) is 0 Å². The maximum atomic E-state index is 13.1. The van der Waals surface area contributed by atoms with E-state index in [1.54, 1.807) is 13.0 Å². The number of carbonyl (C=O) groups is 2. The number of ketones is 1. The zero-order valence-corrected chi connectivity index (χ0v) is 21.3. The number of methoxy groups -OCH3 is 1. The summed E-state index contributed by atoms with van der Waals surface area (Å²) in [6.45, 7) is 5.79. The first-order chi connectivity index (χ1) is 17.5. The van der Waals surface area contributed by atoms with E-state index in [2.05, 4.69) is 4.98 Å². The molecule has 3 aromatic rings. The van der Waals surface area contributed by atoms with Gasteiger partial charge in [0.05, 0.1) is 30.3 Å². The molecular weight excluding hydrogens is 474 g/mol. The van der Waals surface area contributed by atoms with Gasteiger partial charge in [-0.15, -0.1) is 0 Å². The van der Waals surface area contributed by atoms with Crippen LogP contribution >= 0.6 is 0 Å². The number of pyridine rings is 2. The summed E-state index contributed by atoms with van der Waals surface area (Å²) in [6, 6.07) is 11.1. The largest absolute Gasteiger partial charge is 0.489 e. The molecule has 5 rings (SSSR count). The molecule has 0 spiro atoms. The summed E-state index contributed by atoms with van der Waals surface area (Å²) in [5, 5.41) is 11.5. The van der Waals surface area contributed by atoms with E-state index in [1.165, 1.54) is 13.2 Å². The molecule has 2 atom stereocenters. The molecule has 2 aromatic heterocycles. The second kappa shape index (κ2) is 8.93. The predicted molar refractivity (Wildman–Crippen MR) is 135 cm³/mol. The maximum absolute atomic E-state index is 13.1. The minimum Gasteiger partial charge on any atom is -0.489 e. The van der Waals surface area contributed by atoms with Crippen molar-refractivity contribution in [3.8, 4) is 28.6 Å². The Morgan fingerprint density at radius 2 is 1.97 bits per heavy atom. The number of esters is 1. The number of fused-ring (bicyclic) bond motifs is 2. The van der Waals surface area contributed by atoms with Crippen molar-refractivity contribution in [3.05, 3.63) is 64.5 Å². The summed E-state index contributed by atoms with van der Waals surface area (Å²) in [5.41, 5.74) is 8.64. The van der Waals surface area contributed by atoms with Crippen LogP contribution in [0.15, 0.2) is 36.4 Å². The zero-order chi connectivity index (χ0) is 26.5. The fraction of sp³-hybridized carbons (Fsp3) is 0.357. The van der Waals surface area contributed by atoms with Crippen LogP contribution in [-0.4, -0.2) is 40.5 Å². The van der Waals surface area contributed by atoms with Gasteiger partial charge in [-0.2, -0.15) is 0 Å². The molecule has 2 unspecified atom stereocenters. The molecule has 9 nitrogen and oxygen atoms in total. The molecule has 9 heteroatoms. The lowest BCUT2D eigenvalue weighted by Crippen LogP contribution is -2.35. The summed E-state index contributed by atoms with van der Waals surface area (Å²) in [4.78, 5) is 33.8. The van der Waals surface area contributed by atoms with Crippen LogP contribution in [0.25, 0.3) is 11.3 Å². The van der Waals surface area contributed by atoms with Crippen molar-refractivity contribution in [2.45, 2.75) is 51.2 Å².